The maximum absolute atomic E-state index is 15.4. The normalized spacial score (nSPS) is 26.5. The highest BCUT2D eigenvalue weighted by Gasteiger charge is 2.69. The first-order valence-electron chi connectivity index (χ1n) is 18.6. The third-order valence-corrected chi connectivity index (χ3v) is 11.9. The predicted octanol–water partition coefficient (Wildman–Crippen LogP) is 7.71. The maximum atomic E-state index is 15.4. The molecule has 8 heteroatoms. The van der Waals surface area contributed by atoms with Crippen LogP contribution in [0, 0.1) is 5.92 Å². The molecule has 2 fully saturated rings. The van der Waals surface area contributed by atoms with E-state index in [0.29, 0.717) is 48.4 Å². The molecule has 5 aromatic rings. The van der Waals surface area contributed by atoms with Crippen molar-refractivity contribution in [3.8, 4) is 0 Å². The van der Waals surface area contributed by atoms with Crippen LogP contribution in [-0.2, 0) is 21.4 Å². The Hall–Kier alpha value is -4.79. The summed E-state index contributed by atoms with van der Waals surface area (Å²) in [4.78, 5) is 32.9. The number of amides is 2. The highest BCUT2D eigenvalue weighted by Crippen LogP contribution is 2.63. The summed E-state index contributed by atoms with van der Waals surface area (Å²) in [5.41, 5.74) is 3.53. The molecule has 53 heavy (non-hydrogen) atoms. The second-order valence-corrected chi connectivity index (χ2v) is 15.2. The maximum Gasteiger partial charge on any atom is 0.237 e. The van der Waals surface area contributed by atoms with Gasteiger partial charge in [-0.3, -0.25) is 14.5 Å². The lowest BCUT2D eigenvalue weighted by molar-refractivity contribution is -0.130. The van der Waals surface area contributed by atoms with E-state index in [1.807, 2.05) is 121 Å². The monoisotopic (exact) mass is 725 g/mol. The SMILES string of the molecule is O=C(N[C@H]1CC[C@H](O)CC1)[C@H]1C(Cc2ccccc2)[C@@]2(C(=O)Nc3cc(Cl)ccc32)[C@@H](c2ccccc2)N1[C@H](c1ccccc1)[C@@H](O)c1ccccc1. The van der Waals surface area contributed by atoms with Gasteiger partial charge in [0.05, 0.1) is 30.3 Å². The predicted molar refractivity (Wildman–Crippen MR) is 207 cm³/mol. The Morgan fingerprint density at radius 2 is 1.40 bits per heavy atom. The first-order chi connectivity index (χ1) is 25.9. The van der Waals surface area contributed by atoms with Crippen molar-refractivity contribution in [2.75, 3.05) is 5.32 Å². The van der Waals surface area contributed by atoms with Crippen LogP contribution in [0.4, 0.5) is 5.69 Å². The lowest BCUT2D eigenvalue weighted by Crippen LogP contribution is -2.53. The minimum absolute atomic E-state index is 0.130. The fourth-order valence-electron chi connectivity index (χ4n) is 9.39. The Morgan fingerprint density at radius 1 is 0.811 bits per heavy atom. The number of aliphatic hydroxyl groups excluding tert-OH is 2. The molecule has 4 N–H and O–H groups in total. The average molecular weight is 726 g/mol. The van der Waals surface area contributed by atoms with Gasteiger partial charge in [0.25, 0.3) is 0 Å². The molecule has 0 radical (unpaired) electrons. The first-order valence-corrected chi connectivity index (χ1v) is 19.0. The molecule has 1 saturated heterocycles. The van der Waals surface area contributed by atoms with Crippen LogP contribution in [0.5, 0.6) is 0 Å². The van der Waals surface area contributed by atoms with Crippen LogP contribution in [0.2, 0.25) is 5.02 Å². The molecular weight excluding hydrogens is 682 g/mol. The van der Waals surface area contributed by atoms with Gasteiger partial charge in [-0.2, -0.15) is 0 Å². The van der Waals surface area contributed by atoms with Gasteiger partial charge in [-0.25, -0.2) is 0 Å². The molecule has 2 aliphatic heterocycles. The number of hydrogen-bond donors (Lipinski definition) is 4. The van der Waals surface area contributed by atoms with Gasteiger partial charge in [0.2, 0.25) is 11.8 Å². The van der Waals surface area contributed by atoms with Crippen LogP contribution in [0.1, 0.15) is 71.7 Å². The van der Waals surface area contributed by atoms with Gasteiger partial charge in [-0.15, -0.1) is 0 Å². The second-order valence-electron chi connectivity index (χ2n) is 14.7. The highest BCUT2D eigenvalue weighted by molar-refractivity contribution is 6.31. The van der Waals surface area contributed by atoms with Gasteiger partial charge in [0.15, 0.2) is 0 Å². The van der Waals surface area contributed by atoms with E-state index >= 15 is 9.59 Å². The van der Waals surface area contributed by atoms with E-state index < -0.39 is 35.6 Å². The van der Waals surface area contributed by atoms with E-state index in [0.717, 1.165) is 22.3 Å². The van der Waals surface area contributed by atoms with Crippen molar-refractivity contribution in [2.45, 2.75) is 73.9 Å². The number of fused-ring (bicyclic) bond motifs is 2. The fourth-order valence-corrected chi connectivity index (χ4v) is 9.57. The molecule has 270 valence electrons. The number of anilines is 1. The van der Waals surface area contributed by atoms with Crippen molar-refractivity contribution in [3.05, 3.63) is 172 Å². The van der Waals surface area contributed by atoms with Gasteiger partial charge < -0.3 is 20.8 Å². The van der Waals surface area contributed by atoms with E-state index in [4.69, 9.17) is 11.6 Å². The molecule has 2 heterocycles. The number of likely N-dealkylation sites (tertiary alicyclic amines) is 1. The van der Waals surface area contributed by atoms with Crippen LogP contribution in [0.3, 0.4) is 0 Å². The number of halogens is 1. The van der Waals surface area contributed by atoms with Gasteiger partial charge in [0, 0.05) is 22.7 Å². The molecule has 5 aromatic carbocycles. The molecule has 7 nitrogen and oxygen atoms in total. The molecule has 0 bridgehead atoms. The number of aliphatic hydroxyl groups is 2. The van der Waals surface area contributed by atoms with Crippen molar-refractivity contribution in [1.82, 2.24) is 10.2 Å². The summed E-state index contributed by atoms with van der Waals surface area (Å²) in [6.45, 7) is 0. The molecule has 2 amide bonds. The molecule has 1 spiro atoms. The summed E-state index contributed by atoms with van der Waals surface area (Å²) in [5, 5.41) is 30.2. The van der Waals surface area contributed by atoms with E-state index in [1.54, 1.807) is 6.07 Å². The van der Waals surface area contributed by atoms with Crippen molar-refractivity contribution >= 4 is 29.1 Å². The fraction of sp³-hybridized carbons (Fsp3) is 0.289. The summed E-state index contributed by atoms with van der Waals surface area (Å²) in [7, 11) is 0. The molecular formula is C45H44ClN3O4. The number of carbonyl (C=O) groups excluding carboxylic acids is 2. The molecule has 1 aliphatic carbocycles. The molecule has 0 aromatic heterocycles. The Labute approximate surface area is 315 Å². The number of benzene rings is 5. The largest absolute Gasteiger partial charge is 0.393 e. The zero-order chi connectivity index (χ0) is 36.5. The van der Waals surface area contributed by atoms with Gasteiger partial charge in [0.1, 0.15) is 5.41 Å². The third-order valence-electron chi connectivity index (χ3n) is 11.7. The molecule has 1 unspecified atom stereocenters. The molecule has 1 saturated carbocycles. The summed E-state index contributed by atoms with van der Waals surface area (Å²) in [6, 6.07) is 42.5. The molecule has 6 atom stereocenters. The van der Waals surface area contributed by atoms with E-state index in [-0.39, 0.29) is 24.0 Å². The van der Waals surface area contributed by atoms with Crippen LogP contribution in [0.25, 0.3) is 0 Å². The topological polar surface area (TPSA) is 102 Å². The summed E-state index contributed by atoms with van der Waals surface area (Å²) < 4.78 is 0. The van der Waals surface area contributed by atoms with Crippen LogP contribution in [0.15, 0.2) is 140 Å². The smallest absolute Gasteiger partial charge is 0.237 e. The Balaban J connectivity index is 1.42. The summed E-state index contributed by atoms with van der Waals surface area (Å²) in [6.07, 6.45) is 1.52. The zero-order valence-corrected chi connectivity index (χ0v) is 30.1. The zero-order valence-electron chi connectivity index (χ0n) is 29.4. The quantitative estimate of drug-likeness (QED) is 0.125. The molecule has 8 rings (SSSR count). The lowest BCUT2D eigenvalue weighted by atomic mass is 9.64. The first kappa shape index (κ1) is 35.3. The number of nitrogens with zero attached hydrogens (tertiary/aromatic N) is 1. The second kappa shape index (κ2) is 14.9. The average Bonchev–Trinajstić information content (AvgIpc) is 3.64. The Kier molecular flexibility index (Phi) is 9.92. The standard InChI is InChI=1S/C45H44ClN3O4/c46-33-21-26-36-38(28-33)48-44(53)45(36)37(27-29-13-5-1-6-14-29)40(43(52)47-34-22-24-35(50)25-23-34)49(42(45)32-19-11-4-12-20-32)39(30-15-7-2-8-16-30)41(51)31-17-9-3-10-18-31/h1-21,26,28,34-35,37,39-42,50-51H,22-25,27H2,(H,47,52)(H,48,53)/t34-,35-,37?,39-,40-,41+,42-,45-/m1/s1. The van der Waals surface area contributed by atoms with Crippen molar-refractivity contribution in [2.24, 2.45) is 5.92 Å². The van der Waals surface area contributed by atoms with E-state index in [1.165, 1.54) is 0 Å². The third kappa shape index (κ3) is 6.46. The van der Waals surface area contributed by atoms with Gasteiger partial charge in [-0.1, -0.05) is 139 Å². The number of carbonyl (C=O) groups is 2. The Bertz CT molecular complexity index is 2040. The van der Waals surface area contributed by atoms with Crippen LogP contribution >= 0.6 is 11.6 Å². The summed E-state index contributed by atoms with van der Waals surface area (Å²) in [5.74, 6) is -0.978. The van der Waals surface area contributed by atoms with Gasteiger partial charge >= 0.3 is 0 Å². The van der Waals surface area contributed by atoms with Crippen LogP contribution in [-0.4, -0.2) is 45.1 Å². The van der Waals surface area contributed by atoms with Crippen molar-refractivity contribution in [1.29, 1.82) is 0 Å². The number of rotatable bonds is 9. The van der Waals surface area contributed by atoms with Crippen LogP contribution < -0.4 is 10.6 Å². The molecule has 3 aliphatic rings. The van der Waals surface area contributed by atoms with E-state index in [9.17, 15) is 10.2 Å². The van der Waals surface area contributed by atoms with Crippen molar-refractivity contribution in [3.63, 3.8) is 0 Å². The highest BCUT2D eigenvalue weighted by atomic mass is 35.5. The van der Waals surface area contributed by atoms with E-state index in [2.05, 4.69) is 27.7 Å². The van der Waals surface area contributed by atoms with Crippen molar-refractivity contribution < 1.29 is 19.8 Å². The number of nitrogens with one attached hydrogen (secondary N) is 2. The lowest BCUT2D eigenvalue weighted by Gasteiger charge is -2.42. The summed E-state index contributed by atoms with van der Waals surface area (Å²) >= 11 is 6.58. The number of hydrogen-bond acceptors (Lipinski definition) is 5. The minimum atomic E-state index is -1.27. The minimum Gasteiger partial charge on any atom is -0.393 e. The Morgan fingerprint density at radius 3 is 2.04 bits per heavy atom. The van der Waals surface area contributed by atoms with Gasteiger partial charge in [-0.05, 0) is 72.1 Å².